The number of hydrogen-bond acceptors (Lipinski definition) is 5. The predicted molar refractivity (Wildman–Crippen MR) is 83.6 cm³/mol. The first-order chi connectivity index (χ1) is 9.69. The second kappa shape index (κ2) is 6.50. The number of morpholine rings is 1. The van der Waals surface area contributed by atoms with Gasteiger partial charge in [-0.2, -0.15) is 0 Å². The van der Waals surface area contributed by atoms with Gasteiger partial charge in [0.05, 0.1) is 18.0 Å². The van der Waals surface area contributed by atoms with Crippen LogP contribution in [-0.4, -0.2) is 74.9 Å². The molecule has 2 heterocycles. The molecule has 2 N–H and O–H groups in total. The van der Waals surface area contributed by atoms with Crippen LogP contribution in [0.3, 0.4) is 0 Å². The number of hydrogen-bond donors (Lipinski definition) is 1. The quantitative estimate of drug-likeness (QED) is 0.795. The van der Waals surface area contributed by atoms with E-state index in [2.05, 4.69) is 18.7 Å². The van der Waals surface area contributed by atoms with Crippen molar-refractivity contribution in [2.24, 2.45) is 11.7 Å². The van der Waals surface area contributed by atoms with Crippen molar-refractivity contribution >= 4 is 10.0 Å². The lowest BCUT2D eigenvalue weighted by Gasteiger charge is -2.44. The summed E-state index contributed by atoms with van der Waals surface area (Å²) in [6.45, 7) is 8.65. The topological polar surface area (TPSA) is 75.9 Å². The molecule has 2 unspecified atom stereocenters. The molecule has 2 aliphatic heterocycles. The first-order valence-electron chi connectivity index (χ1n) is 7.75. The minimum absolute atomic E-state index is 0.0725. The number of rotatable bonds is 4. The van der Waals surface area contributed by atoms with E-state index < -0.39 is 10.0 Å². The molecular weight excluding hydrogens is 290 g/mol. The van der Waals surface area contributed by atoms with Gasteiger partial charge in [-0.05, 0) is 32.6 Å². The Morgan fingerprint density at radius 2 is 2.05 bits per heavy atom. The standard InChI is InChI=1S/C14H29N3O3S/c1-14(2)11-16(10-13(7-15)20-14)8-12-5-4-6-17(9-12)21(3,18)19/h12-13H,4-11,15H2,1-3H3. The Hall–Kier alpha value is -0.210. The van der Waals surface area contributed by atoms with E-state index in [0.717, 1.165) is 32.5 Å². The first-order valence-corrected chi connectivity index (χ1v) is 9.60. The van der Waals surface area contributed by atoms with Crippen LogP contribution < -0.4 is 5.73 Å². The van der Waals surface area contributed by atoms with Gasteiger partial charge < -0.3 is 10.5 Å². The van der Waals surface area contributed by atoms with E-state index in [9.17, 15) is 8.42 Å². The maximum absolute atomic E-state index is 11.7. The van der Waals surface area contributed by atoms with Crippen molar-refractivity contribution in [2.75, 3.05) is 45.5 Å². The molecule has 2 aliphatic rings. The maximum atomic E-state index is 11.7. The maximum Gasteiger partial charge on any atom is 0.211 e. The highest BCUT2D eigenvalue weighted by atomic mass is 32.2. The van der Waals surface area contributed by atoms with Gasteiger partial charge in [0.15, 0.2) is 0 Å². The Morgan fingerprint density at radius 3 is 2.67 bits per heavy atom. The third kappa shape index (κ3) is 4.89. The number of nitrogens with two attached hydrogens (primary N) is 1. The largest absolute Gasteiger partial charge is 0.368 e. The minimum Gasteiger partial charge on any atom is -0.368 e. The SMILES string of the molecule is CC1(C)CN(CC2CCCN(S(C)(=O)=O)C2)CC(CN)O1. The molecular formula is C14H29N3O3S. The molecule has 2 saturated heterocycles. The first kappa shape index (κ1) is 17.1. The van der Waals surface area contributed by atoms with E-state index in [0.29, 0.717) is 25.6 Å². The normalized spacial score (nSPS) is 32.2. The van der Waals surface area contributed by atoms with Crippen molar-refractivity contribution in [1.29, 1.82) is 0 Å². The van der Waals surface area contributed by atoms with E-state index >= 15 is 0 Å². The molecule has 0 saturated carbocycles. The van der Waals surface area contributed by atoms with E-state index in [1.165, 1.54) is 6.26 Å². The summed E-state index contributed by atoms with van der Waals surface area (Å²) in [4.78, 5) is 2.39. The Kier molecular flexibility index (Phi) is 5.31. The second-order valence-corrected chi connectivity index (χ2v) is 9.04. The van der Waals surface area contributed by atoms with Crippen LogP contribution >= 0.6 is 0 Å². The summed E-state index contributed by atoms with van der Waals surface area (Å²) in [7, 11) is -3.07. The van der Waals surface area contributed by atoms with Crippen LogP contribution in [0.15, 0.2) is 0 Å². The summed E-state index contributed by atoms with van der Waals surface area (Å²) in [6, 6.07) is 0. The molecule has 0 amide bonds. The van der Waals surface area contributed by atoms with Gasteiger partial charge in [-0.1, -0.05) is 0 Å². The molecule has 0 aromatic carbocycles. The Bertz CT molecular complexity index is 452. The van der Waals surface area contributed by atoms with Gasteiger partial charge in [0.25, 0.3) is 0 Å². The molecule has 21 heavy (non-hydrogen) atoms. The molecule has 0 bridgehead atoms. The van der Waals surface area contributed by atoms with Gasteiger partial charge in [0.1, 0.15) is 0 Å². The molecule has 2 atom stereocenters. The van der Waals surface area contributed by atoms with Crippen LogP contribution in [0, 0.1) is 5.92 Å². The lowest BCUT2D eigenvalue weighted by atomic mass is 9.97. The highest BCUT2D eigenvalue weighted by Gasteiger charge is 2.35. The van der Waals surface area contributed by atoms with Gasteiger partial charge in [-0.15, -0.1) is 0 Å². The van der Waals surface area contributed by atoms with Gasteiger partial charge in [-0.3, -0.25) is 4.90 Å². The van der Waals surface area contributed by atoms with Gasteiger partial charge in [0.2, 0.25) is 10.0 Å². The Labute approximate surface area is 128 Å². The van der Waals surface area contributed by atoms with Crippen LogP contribution in [-0.2, 0) is 14.8 Å². The van der Waals surface area contributed by atoms with Crippen molar-refractivity contribution in [3.8, 4) is 0 Å². The Balaban J connectivity index is 1.94. The molecule has 2 rings (SSSR count). The molecule has 2 fully saturated rings. The van der Waals surface area contributed by atoms with E-state index in [4.69, 9.17) is 10.5 Å². The molecule has 6 nitrogen and oxygen atoms in total. The number of ether oxygens (including phenoxy) is 1. The van der Waals surface area contributed by atoms with Crippen molar-refractivity contribution in [3.05, 3.63) is 0 Å². The predicted octanol–water partition coefficient (Wildman–Crippen LogP) is 0.0961. The summed E-state index contributed by atoms with van der Waals surface area (Å²) >= 11 is 0. The zero-order chi connectivity index (χ0) is 15.7. The summed E-state index contributed by atoms with van der Waals surface area (Å²) < 4.78 is 31.0. The van der Waals surface area contributed by atoms with Crippen LogP contribution in [0.5, 0.6) is 0 Å². The summed E-state index contributed by atoms with van der Waals surface area (Å²) in [5.41, 5.74) is 5.57. The summed E-state index contributed by atoms with van der Waals surface area (Å²) in [5, 5.41) is 0. The number of piperidine rings is 1. The van der Waals surface area contributed by atoms with Gasteiger partial charge in [-0.25, -0.2) is 12.7 Å². The second-order valence-electron chi connectivity index (χ2n) is 7.06. The van der Waals surface area contributed by atoms with Crippen molar-refractivity contribution in [1.82, 2.24) is 9.21 Å². The van der Waals surface area contributed by atoms with E-state index in [1.54, 1.807) is 4.31 Å². The fraction of sp³-hybridized carbons (Fsp3) is 1.00. The van der Waals surface area contributed by atoms with Crippen molar-refractivity contribution in [2.45, 2.75) is 38.4 Å². The monoisotopic (exact) mass is 319 g/mol. The molecule has 124 valence electrons. The molecule has 7 heteroatoms. The molecule has 0 aliphatic carbocycles. The van der Waals surface area contributed by atoms with Gasteiger partial charge >= 0.3 is 0 Å². The molecule has 0 spiro atoms. The number of nitrogens with zero attached hydrogens (tertiary/aromatic N) is 2. The minimum atomic E-state index is -3.07. The molecule has 0 aromatic rings. The number of sulfonamides is 1. The zero-order valence-electron chi connectivity index (χ0n) is 13.4. The van der Waals surface area contributed by atoms with Gasteiger partial charge in [0, 0.05) is 39.3 Å². The van der Waals surface area contributed by atoms with Crippen molar-refractivity contribution in [3.63, 3.8) is 0 Å². The fourth-order valence-electron chi connectivity index (χ4n) is 3.52. The third-order valence-electron chi connectivity index (χ3n) is 4.28. The molecule has 0 radical (unpaired) electrons. The highest BCUT2D eigenvalue weighted by molar-refractivity contribution is 7.88. The average Bonchev–Trinajstić information content (AvgIpc) is 2.36. The summed E-state index contributed by atoms with van der Waals surface area (Å²) in [5.74, 6) is 0.404. The highest BCUT2D eigenvalue weighted by Crippen LogP contribution is 2.24. The third-order valence-corrected chi connectivity index (χ3v) is 5.55. The Morgan fingerprint density at radius 1 is 1.33 bits per heavy atom. The van der Waals surface area contributed by atoms with E-state index in [1.807, 2.05) is 0 Å². The van der Waals surface area contributed by atoms with Crippen LogP contribution in [0.25, 0.3) is 0 Å². The smallest absolute Gasteiger partial charge is 0.211 e. The zero-order valence-corrected chi connectivity index (χ0v) is 14.2. The molecule has 0 aromatic heterocycles. The van der Waals surface area contributed by atoms with Crippen LogP contribution in [0.4, 0.5) is 0 Å². The van der Waals surface area contributed by atoms with Crippen LogP contribution in [0.1, 0.15) is 26.7 Å². The average molecular weight is 319 g/mol. The van der Waals surface area contributed by atoms with Crippen molar-refractivity contribution < 1.29 is 13.2 Å². The lowest BCUT2D eigenvalue weighted by molar-refractivity contribution is -0.134. The lowest BCUT2D eigenvalue weighted by Crippen LogP contribution is -2.56. The van der Waals surface area contributed by atoms with Crippen LogP contribution in [0.2, 0.25) is 0 Å². The summed E-state index contributed by atoms with van der Waals surface area (Å²) in [6.07, 6.45) is 3.42. The fourth-order valence-corrected chi connectivity index (χ4v) is 4.46. The van der Waals surface area contributed by atoms with E-state index in [-0.39, 0.29) is 11.7 Å².